The van der Waals surface area contributed by atoms with E-state index in [-0.39, 0.29) is 5.91 Å². The Kier molecular flexibility index (Phi) is 6.08. The van der Waals surface area contributed by atoms with E-state index in [4.69, 9.17) is 11.6 Å². The molecule has 21 heavy (non-hydrogen) atoms. The molecule has 1 amide bonds. The van der Waals surface area contributed by atoms with Crippen LogP contribution in [0.4, 0.5) is 5.69 Å². The van der Waals surface area contributed by atoms with Gasteiger partial charge in [0.15, 0.2) is 0 Å². The van der Waals surface area contributed by atoms with Gasteiger partial charge in [0.2, 0.25) is 0 Å². The molecule has 0 bridgehead atoms. The van der Waals surface area contributed by atoms with E-state index in [9.17, 15) is 4.79 Å². The molecular weight excluding hydrogens is 372 g/mol. The molecule has 112 valence electrons. The second-order valence-corrected chi connectivity index (χ2v) is 6.78. The summed E-state index contributed by atoms with van der Waals surface area (Å²) in [7, 11) is 0. The van der Waals surface area contributed by atoms with Gasteiger partial charge in [0, 0.05) is 26.6 Å². The van der Waals surface area contributed by atoms with Crippen LogP contribution in [0.3, 0.4) is 0 Å². The molecular formula is C15H16BrClN2OS. The molecule has 0 radical (unpaired) electrons. The number of anilines is 1. The molecule has 0 spiro atoms. The fourth-order valence-electron chi connectivity index (χ4n) is 1.83. The van der Waals surface area contributed by atoms with Gasteiger partial charge in [0.05, 0.1) is 12.1 Å². The lowest BCUT2D eigenvalue weighted by Crippen LogP contribution is -2.23. The molecule has 1 aromatic carbocycles. The summed E-state index contributed by atoms with van der Waals surface area (Å²) < 4.78 is 1.02. The Labute approximate surface area is 141 Å². The van der Waals surface area contributed by atoms with Crippen LogP contribution in [-0.2, 0) is 6.54 Å². The number of carbonyl (C=O) groups excluding carboxylic acids is 1. The average Bonchev–Trinajstić information content (AvgIpc) is 2.88. The fourth-order valence-corrected chi connectivity index (χ4v) is 3.43. The van der Waals surface area contributed by atoms with Gasteiger partial charge >= 0.3 is 0 Å². The Balaban J connectivity index is 2.10. The molecule has 0 saturated carbocycles. The first-order valence-electron chi connectivity index (χ1n) is 6.65. The molecule has 0 unspecified atom stereocenters. The highest BCUT2D eigenvalue weighted by molar-refractivity contribution is 9.10. The first-order valence-corrected chi connectivity index (χ1v) is 8.70. The van der Waals surface area contributed by atoms with Crippen LogP contribution in [-0.4, -0.2) is 12.5 Å². The molecule has 1 aromatic heterocycles. The van der Waals surface area contributed by atoms with Gasteiger partial charge < -0.3 is 10.6 Å². The van der Waals surface area contributed by atoms with Crippen molar-refractivity contribution >= 4 is 50.5 Å². The number of rotatable bonds is 6. The Morgan fingerprint density at radius 2 is 2.19 bits per heavy atom. The lowest BCUT2D eigenvalue weighted by molar-refractivity contribution is 0.0952. The molecule has 3 nitrogen and oxygen atoms in total. The second kappa shape index (κ2) is 7.82. The van der Waals surface area contributed by atoms with Gasteiger partial charge in [-0.15, -0.1) is 11.3 Å². The van der Waals surface area contributed by atoms with Crippen molar-refractivity contribution in [1.29, 1.82) is 0 Å². The van der Waals surface area contributed by atoms with E-state index < -0.39 is 0 Å². The van der Waals surface area contributed by atoms with Crippen LogP contribution >= 0.6 is 38.9 Å². The quantitative estimate of drug-likeness (QED) is 0.739. The zero-order chi connectivity index (χ0) is 15.2. The average molecular weight is 388 g/mol. The van der Waals surface area contributed by atoms with Gasteiger partial charge in [-0.3, -0.25) is 4.79 Å². The normalized spacial score (nSPS) is 10.4. The van der Waals surface area contributed by atoms with Crippen LogP contribution in [0.15, 0.2) is 34.1 Å². The number of hydrogen-bond acceptors (Lipinski definition) is 3. The standard InChI is InChI=1S/C15H16BrClN2OS/c1-2-6-18-13-4-3-10(17)8-11(13)15(20)19-9-14-12(16)5-7-21-14/h3-5,7-8,18H,2,6,9H2,1H3,(H,19,20). The summed E-state index contributed by atoms with van der Waals surface area (Å²) in [5.41, 5.74) is 1.38. The van der Waals surface area contributed by atoms with Crippen molar-refractivity contribution in [2.45, 2.75) is 19.9 Å². The Bertz CT molecular complexity index is 630. The molecule has 6 heteroatoms. The van der Waals surface area contributed by atoms with E-state index >= 15 is 0 Å². The van der Waals surface area contributed by atoms with Crippen molar-refractivity contribution in [2.24, 2.45) is 0 Å². The van der Waals surface area contributed by atoms with Crippen molar-refractivity contribution < 1.29 is 4.79 Å². The Hall–Kier alpha value is -1.04. The lowest BCUT2D eigenvalue weighted by Gasteiger charge is -2.12. The number of hydrogen-bond donors (Lipinski definition) is 2. The summed E-state index contributed by atoms with van der Waals surface area (Å²) in [5.74, 6) is -0.128. The summed E-state index contributed by atoms with van der Waals surface area (Å²) in [6.45, 7) is 3.40. The van der Waals surface area contributed by atoms with E-state index in [1.807, 2.05) is 17.5 Å². The summed E-state index contributed by atoms with van der Waals surface area (Å²) in [6, 6.07) is 7.29. The fraction of sp³-hybridized carbons (Fsp3) is 0.267. The number of amides is 1. The minimum Gasteiger partial charge on any atom is -0.384 e. The van der Waals surface area contributed by atoms with Gasteiger partial charge in [0.1, 0.15) is 0 Å². The maximum atomic E-state index is 12.4. The molecule has 2 aromatic rings. The molecule has 0 aliphatic heterocycles. The summed E-state index contributed by atoms with van der Waals surface area (Å²) in [4.78, 5) is 13.5. The second-order valence-electron chi connectivity index (χ2n) is 4.49. The highest BCUT2D eigenvalue weighted by Gasteiger charge is 2.12. The number of nitrogens with one attached hydrogen (secondary N) is 2. The molecule has 2 rings (SSSR count). The van der Waals surface area contributed by atoms with E-state index in [1.165, 1.54) is 0 Å². The molecule has 2 N–H and O–H groups in total. The van der Waals surface area contributed by atoms with E-state index in [1.54, 1.807) is 23.5 Å². The van der Waals surface area contributed by atoms with E-state index in [0.29, 0.717) is 17.1 Å². The van der Waals surface area contributed by atoms with E-state index in [2.05, 4.69) is 33.5 Å². The minimum atomic E-state index is -0.128. The van der Waals surface area contributed by atoms with Gasteiger partial charge in [-0.25, -0.2) is 0 Å². The number of carbonyl (C=O) groups is 1. The lowest BCUT2D eigenvalue weighted by atomic mass is 10.1. The van der Waals surface area contributed by atoms with Crippen molar-refractivity contribution in [3.8, 4) is 0 Å². The first-order chi connectivity index (χ1) is 10.1. The molecule has 0 aliphatic rings. The largest absolute Gasteiger partial charge is 0.384 e. The summed E-state index contributed by atoms with van der Waals surface area (Å²) >= 11 is 11.1. The van der Waals surface area contributed by atoms with Crippen molar-refractivity contribution in [1.82, 2.24) is 5.32 Å². The van der Waals surface area contributed by atoms with Crippen LogP contribution in [0.1, 0.15) is 28.6 Å². The van der Waals surface area contributed by atoms with Crippen molar-refractivity contribution in [3.63, 3.8) is 0 Å². The Morgan fingerprint density at radius 3 is 2.86 bits per heavy atom. The number of benzene rings is 1. The van der Waals surface area contributed by atoms with Crippen LogP contribution < -0.4 is 10.6 Å². The van der Waals surface area contributed by atoms with Gasteiger partial charge in [-0.2, -0.15) is 0 Å². The maximum Gasteiger partial charge on any atom is 0.253 e. The maximum absolute atomic E-state index is 12.4. The third-order valence-corrected chi connectivity index (χ3v) is 5.05. The molecule has 0 aliphatic carbocycles. The van der Waals surface area contributed by atoms with Crippen molar-refractivity contribution in [2.75, 3.05) is 11.9 Å². The SMILES string of the molecule is CCCNc1ccc(Cl)cc1C(=O)NCc1sccc1Br. The zero-order valence-electron chi connectivity index (χ0n) is 11.6. The summed E-state index contributed by atoms with van der Waals surface area (Å²) in [6.07, 6.45) is 0.992. The highest BCUT2D eigenvalue weighted by Crippen LogP contribution is 2.24. The third kappa shape index (κ3) is 4.46. The molecule has 0 atom stereocenters. The molecule has 1 heterocycles. The zero-order valence-corrected chi connectivity index (χ0v) is 14.7. The number of halogens is 2. The first kappa shape index (κ1) is 16.3. The topological polar surface area (TPSA) is 41.1 Å². The summed E-state index contributed by atoms with van der Waals surface area (Å²) in [5, 5.41) is 8.72. The predicted octanol–water partition coefficient (Wildman–Crippen LogP) is 4.92. The molecule has 0 fully saturated rings. The highest BCUT2D eigenvalue weighted by atomic mass is 79.9. The van der Waals surface area contributed by atoms with Crippen LogP contribution in [0, 0.1) is 0 Å². The van der Waals surface area contributed by atoms with Gasteiger partial charge in [-0.05, 0) is 52.0 Å². The Morgan fingerprint density at radius 1 is 1.38 bits per heavy atom. The van der Waals surface area contributed by atoms with E-state index in [0.717, 1.165) is 28.0 Å². The number of thiophene rings is 1. The van der Waals surface area contributed by atoms with Gasteiger partial charge in [-0.1, -0.05) is 18.5 Å². The van der Waals surface area contributed by atoms with Crippen LogP contribution in [0.25, 0.3) is 0 Å². The third-order valence-electron chi connectivity index (χ3n) is 2.89. The van der Waals surface area contributed by atoms with Crippen LogP contribution in [0.5, 0.6) is 0 Å². The van der Waals surface area contributed by atoms with Crippen LogP contribution in [0.2, 0.25) is 5.02 Å². The predicted molar refractivity (Wildman–Crippen MR) is 93.4 cm³/mol. The molecule has 0 saturated heterocycles. The van der Waals surface area contributed by atoms with Gasteiger partial charge in [0.25, 0.3) is 5.91 Å². The smallest absolute Gasteiger partial charge is 0.253 e. The minimum absolute atomic E-state index is 0.128. The van der Waals surface area contributed by atoms with Crippen molar-refractivity contribution in [3.05, 3.63) is 49.6 Å². The monoisotopic (exact) mass is 386 g/mol.